The third-order valence-corrected chi connectivity index (χ3v) is 4.83. The normalized spacial score (nSPS) is 19.8. The van der Waals surface area contributed by atoms with Crippen molar-refractivity contribution in [3.8, 4) is 0 Å². The maximum absolute atomic E-state index is 12.2. The molecular weight excluding hydrogens is 304 g/mol. The zero-order valence-electron chi connectivity index (χ0n) is 10.6. The van der Waals surface area contributed by atoms with Gasteiger partial charge < -0.3 is 0 Å². The van der Waals surface area contributed by atoms with Crippen molar-refractivity contribution in [3.63, 3.8) is 0 Å². The average molecular weight is 317 g/mol. The highest BCUT2D eigenvalue weighted by atomic mass is 35.5. The molecule has 1 aliphatic rings. The number of aryl methyl sites for hydroxylation is 1. The van der Waals surface area contributed by atoms with E-state index in [1.165, 1.54) is 18.2 Å². The molecule has 1 aromatic rings. The smallest absolute Gasteiger partial charge is 0.244 e. The van der Waals surface area contributed by atoms with E-state index in [0.29, 0.717) is 10.6 Å². The molecule has 1 unspecified atom stereocenters. The van der Waals surface area contributed by atoms with Gasteiger partial charge in [-0.2, -0.15) is 4.72 Å². The first-order valence-corrected chi connectivity index (χ1v) is 7.78. The van der Waals surface area contributed by atoms with Crippen LogP contribution in [0.25, 0.3) is 0 Å². The Balaban J connectivity index is 2.23. The first-order chi connectivity index (χ1) is 9.29. The minimum Gasteiger partial charge on any atom is -0.295 e. The second kappa shape index (κ2) is 5.51. The lowest BCUT2D eigenvalue weighted by atomic mass is 10.1. The van der Waals surface area contributed by atoms with Crippen LogP contribution in [-0.4, -0.2) is 26.3 Å². The molecule has 0 saturated carbocycles. The lowest BCUT2D eigenvalue weighted by Crippen LogP contribution is -2.52. The number of piperidine rings is 1. The molecule has 1 atom stereocenters. The zero-order chi connectivity index (χ0) is 14.9. The Bertz CT molecular complexity index is 672. The number of benzene rings is 1. The summed E-state index contributed by atoms with van der Waals surface area (Å²) in [6.07, 6.45) is 0.259. The van der Waals surface area contributed by atoms with E-state index < -0.39 is 27.9 Å². The number of carbonyl (C=O) groups is 2. The Hall–Kier alpha value is -1.44. The number of imide groups is 1. The summed E-state index contributed by atoms with van der Waals surface area (Å²) in [6.45, 7) is 1.62. The summed E-state index contributed by atoms with van der Waals surface area (Å²) >= 11 is 5.78. The Kier molecular flexibility index (Phi) is 4.12. The van der Waals surface area contributed by atoms with Gasteiger partial charge >= 0.3 is 0 Å². The van der Waals surface area contributed by atoms with Crippen LogP contribution < -0.4 is 10.0 Å². The van der Waals surface area contributed by atoms with E-state index in [9.17, 15) is 18.0 Å². The summed E-state index contributed by atoms with van der Waals surface area (Å²) in [5.41, 5.74) is 0.484. The van der Waals surface area contributed by atoms with Crippen molar-refractivity contribution in [1.82, 2.24) is 10.0 Å². The number of carbonyl (C=O) groups excluding carboxylic acids is 2. The second-order valence-corrected chi connectivity index (χ2v) is 6.65. The van der Waals surface area contributed by atoms with Gasteiger partial charge in [-0.25, -0.2) is 8.42 Å². The highest BCUT2D eigenvalue weighted by Gasteiger charge is 2.31. The van der Waals surface area contributed by atoms with Gasteiger partial charge in [-0.3, -0.25) is 14.9 Å². The number of sulfonamides is 1. The minimum absolute atomic E-state index is 0.0617. The molecule has 8 heteroatoms. The molecule has 1 saturated heterocycles. The molecule has 1 fully saturated rings. The van der Waals surface area contributed by atoms with Crippen LogP contribution in [0.4, 0.5) is 0 Å². The summed E-state index contributed by atoms with van der Waals surface area (Å²) < 4.78 is 26.8. The van der Waals surface area contributed by atoms with E-state index in [1.807, 2.05) is 0 Å². The Morgan fingerprint density at radius 3 is 2.65 bits per heavy atom. The monoisotopic (exact) mass is 316 g/mol. The van der Waals surface area contributed by atoms with Gasteiger partial charge in [0, 0.05) is 11.4 Å². The molecule has 0 radical (unpaired) electrons. The number of hydrogen-bond donors (Lipinski definition) is 2. The highest BCUT2D eigenvalue weighted by Crippen LogP contribution is 2.20. The Labute approximate surface area is 121 Å². The number of nitrogens with one attached hydrogen (secondary N) is 2. The summed E-state index contributed by atoms with van der Waals surface area (Å²) in [5, 5.41) is 2.53. The van der Waals surface area contributed by atoms with Crippen LogP contribution in [0.2, 0.25) is 5.02 Å². The standard InChI is InChI=1S/C12H13ClN2O4S/c1-7-6-8(13)2-4-10(7)20(18,19)15-9-3-5-11(16)14-12(9)17/h2,4,6,9,15H,3,5H2,1H3,(H,14,16,17). The van der Waals surface area contributed by atoms with Crippen molar-refractivity contribution in [3.05, 3.63) is 28.8 Å². The molecule has 0 bridgehead atoms. The van der Waals surface area contributed by atoms with Gasteiger partial charge in [-0.15, -0.1) is 0 Å². The van der Waals surface area contributed by atoms with Crippen molar-refractivity contribution in [2.75, 3.05) is 0 Å². The lowest BCUT2D eigenvalue weighted by Gasteiger charge is -2.22. The SMILES string of the molecule is Cc1cc(Cl)ccc1S(=O)(=O)NC1CCC(=O)NC1=O. The van der Waals surface area contributed by atoms with E-state index in [2.05, 4.69) is 10.0 Å². The molecule has 1 heterocycles. The second-order valence-electron chi connectivity index (χ2n) is 4.53. The van der Waals surface area contributed by atoms with Crippen molar-refractivity contribution in [1.29, 1.82) is 0 Å². The number of rotatable bonds is 3. The molecule has 6 nitrogen and oxygen atoms in total. The molecule has 0 aromatic heterocycles. The number of hydrogen-bond acceptors (Lipinski definition) is 4. The molecular formula is C12H13ClN2O4S. The van der Waals surface area contributed by atoms with E-state index in [1.54, 1.807) is 6.92 Å². The van der Waals surface area contributed by atoms with Crippen molar-refractivity contribution in [2.45, 2.75) is 30.7 Å². The molecule has 2 N–H and O–H groups in total. The lowest BCUT2D eigenvalue weighted by molar-refractivity contribution is -0.134. The van der Waals surface area contributed by atoms with Crippen LogP contribution in [0.1, 0.15) is 18.4 Å². The van der Waals surface area contributed by atoms with E-state index in [-0.39, 0.29) is 17.7 Å². The summed E-state index contributed by atoms with van der Waals surface area (Å²) in [7, 11) is -3.84. The van der Waals surface area contributed by atoms with Crippen LogP contribution >= 0.6 is 11.6 Å². The fraction of sp³-hybridized carbons (Fsp3) is 0.333. The van der Waals surface area contributed by atoms with Crippen LogP contribution in [-0.2, 0) is 19.6 Å². The van der Waals surface area contributed by atoms with Crippen LogP contribution in [0, 0.1) is 6.92 Å². The summed E-state index contributed by atoms with van der Waals surface area (Å²) in [4.78, 5) is 22.7. The van der Waals surface area contributed by atoms with Crippen molar-refractivity contribution >= 4 is 33.4 Å². The van der Waals surface area contributed by atoms with E-state index in [0.717, 1.165) is 0 Å². The first kappa shape index (κ1) is 15.0. The maximum Gasteiger partial charge on any atom is 0.244 e. The molecule has 2 amide bonds. The quantitative estimate of drug-likeness (QED) is 0.804. The molecule has 2 rings (SSSR count). The largest absolute Gasteiger partial charge is 0.295 e. The van der Waals surface area contributed by atoms with Crippen molar-refractivity contribution < 1.29 is 18.0 Å². The van der Waals surface area contributed by atoms with Gasteiger partial charge in [-0.05, 0) is 37.1 Å². The molecule has 20 heavy (non-hydrogen) atoms. The van der Waals surface area contributed by atoms with Gasteiger partial charge in [-0.1, -0.05) is 11.6 Å². The van der Waals surface area contributed by atoms with Crippen LogP contribution in [0.15, 0.2) is 23.1 Å². The number of halogens is 1. The summed E-state index contributed by atoms with van der Waals surface area (Å²) in [6, 6.07) is 3.44. The maximum atomic E-state index is 12.2. The third kappa shape index (κ3) is 3.17. The third-order valence-electron chi connectivity index (χ3n) is 2.96. The van der Waals surface area contributed by atoms with Crippen LogP contribution in [0.3, 0.4) is 0 Å². The molecule has 108 valence electrons. The minimum atomic E-state index is -3.84. The fourth-order valence-electron chi connectivity index (χ4n) is 1.97. The van der Waals surface area contributed by atoms with Gasteiger partial charge in [0.05, 0.1) is 4.90 Å². The molecule has 0 aliphatic carbocycles. The average Bonchev–Trinajstić information content (AvgIpc) is 2.32. The number of amides is 2. The van der Waals surface area contributed by atoms with Crippen LogP contribution in [0.5, 0.6) is 0 Å². The first-order valence-electron chi connectivity index (χ1n) is 5.92. The Morgan fingerprint density at radius 1 is 1.35 bits per heavy atom. The van der Waals surface area contributed by atoms with E-state index >= 15 is 0 Å². The van der Waals surface area contributed by atoms with Crippen molar-refractivity contribution in [2.24, 2.45) is 0 Å². The summed E-state index contributed by atoms with van der Waals surface area (Å²) in [5.74, 6) is -1.02. The molecule has 1 aromatic carbocycles. The molecule has 1 aliphatic heterocycles. The van der Waals surface area contributed by atoms with E-state index in [4.69, 9.17) is 11.6 Å². The highest BCUT2D eigenvalue weighted by molar-refractivity contribution is 7.89. The topological polar surface area (TPSA) is 92.3 Å². The fourth-order valence-corrected chi connectivity index (χ4v) is 3.65. The Morgan fingerprint density at radius 2 is 2.05 bits per heavy atom. The van der Waals surface area contributed by atoms with Gasteiger partial charge in [0.15, 0.2) is 0 Å². The van der Waals surface area contributed by atoms with Gasteiger partial charge in [0.25, 0.3) is 0 Å². The predicted molar refractivity (Wildman–Crippen MR) is 72.7 cm³/mol. The zero-order valence-corrected chi connectivity index (χ0v) is 12.2. The predicted octanol–water partition coefficient (Wildman–Crippen LogP) is 0.732. The van der Waals surface area contributed by atoms with Gasteiger partial charge in [0.2, 0.25) is 21.8 Å². The molecule has 0 spiro atoms. The van der Waals surface area contributed by atoms with Gasteiger partial charge in [0.1, 0.15) is 6.04 Å².